The third kappa shape index (κ3) is 2.42. The second-order valence-corrected chi connectivity index (χ2v) is 5.71. The monoisotopic (exact) mass is 329 g/mol. The van der Waals surface area contributed by atoms with Crippen molar-refractivity contribution in [2.45, 2.75) is 6.54 Å². The van der Waals surface area contributed by atoms with Crippen LogP contribution in [0.2, 0.25) is 0 Å². The van der Waals surface area contributed by atoms with Crippen LogP contribution in [-0.2, 0) is 13.6 Å². The molecule has 4 aromatic rings. The number of anilines is 1. The Morgan fingerprint density at radius 2 is 2.00 bits per heavy atom. The van der Waals surface area contributed by atoms with E-state index in [9.17, 15) is 4.79 Å². The van der Waals surface area contributed by atoms with Gasteiger partial charge in [-0.05, 0) is 30.3 Å². The van der Waals surface area contributed by atoms with Crippen LogP contribution in [0.1, 0.15) is 11.4 Å². The fourth-order valence-corrected chi connectivity index (χ4v) is 2.91. The molecular weight excluding hydrogens is 314 g/mol. The first-order chi connectivity index (χ1) is 12.2. The Bertz CT molecular complexity index is 1200. The maximum absolute atomic E-state index is 12.4. The fourth-order valence-electron chi connectivity index (χ4n) is 2.91. The SMILES string of the molecule is C#Cc1cccc(NCc2nnc3n(C)c(=O)c4ccccc4n23)c1. The lowest BCUT2D eigenvalue weighted by Gasteiger charge is -2.09. The molecule has 6 heteroatoms. The van der Waals surface area contributed by atoms with E-state index < -0.39 is 0 Å². The van der Waals surface area contributed by atoms with E-state index in [4.69, 9.17) is 6.42 Å². The first-order valence-corrected chi connectivity index (χ1v) is 7.81. The van der Waals surface area contributed by atoms with Gasteiger partial charge in [0.1, 0.15) is 0 Å². The summed E-state index contributed by atoms with van der Waals surface area (Å²) in [4.78, 5) is 12.4. The molecular formula is C19H15N5O. The summed E-state index contributed by atoms with van der Waals surface area (Å²) in [6, 6.07) is 15.1. The van der Waals surface area contributed by atoms with Crippen LogP contribution in [-0.4, -0.2) is 19.2 Å². The molecule has 2 heterocycles. The molecule has 0 aliphatic heterocycles. The number of hydrogen-bond donors (Lipinski definition) is 1. The third-order valence-corrected chi connectivity index (χ3v) is 4.17. The van der Waals surface area contributed by atoms with Crippen LogP contribution < -0.4 is 10.9 Å². The molecule has 0 saturated carbocycles. The number of hydrogen-bond acceptors (Lipinski definition) is 4. The number of nitrogens with zero attached hydrogens (tertiary/aromatic N) is 4. The number of nitrogens with one attached hydrogen (secondary N) is 1. The molecule has 0 aliphatic rings. The lowest BCUT2D eigenvalue weighted by molar-refractivity contribution is 0.855. The summed E-state index contributed by atoms with van der Waals surface area (Å²) in [7, 11) is 1.70. The van der Waals surface area contributed by atoms with Crippen LogP contribution in [0.25, 0.3) is 16.7 Å². The van der Waals surface area contributed by atoms with E-state index in [0.717, 1.165) is 16.8 Å². The van der Waals surface area contributed by atoms with Gasteiger partial charge in [-0.1, -0.05) is 24.1 Å². The molecule has 25 heavy (non-hydrogen) atoms. The van der Waals surface area contributed by atoms with E-state index in [1.807, 2.05) is 52.9 Å². The maximum Gasteiger partial charge on any atom is 0.262 e. The summed E-state index contributed by atoms with van der Waals surface area (Å²) in [5, 5.41) is 12.4. The van der Waals surface area contributed by atoms with Gasteiger partial charge in [0.2, 0.25) is 5.78 Å². The third-order valence-electron chi connectivity index (χ3n) is 4.17. The summed E-state index contributed by atoms with van der Waals surface area (Å²) >= 11 is 0. The molecule has 0 saturated heterocycles. The summed E-state index contributed by atoms with van der Waals surface area (Å²) in [6.45, 7) is 0.456. The van der Waals surface area contributed by atoms with Gasteiger partial charge in [-0.25, -0.2) is 0 Å². The standard InChI is InChI=1S/C19H15N5O/c1-3-13-7-6-8-14(11-13)20-12-17-21-22-19-23(2)18(25)15-9-4-5-10-16(15)24(17)19/h1,4-11,20H,12H2,2H3. The molecule has 0 bridgehead atoms. The van der Waals surface area contributed by atoms with Crippen molar-refractivity contribution >= 4 is 22.4 Å². The topological polar surface area (TPSA) is 64.2 Å². The van der Waals surface area contributed by atoms with E-state index >= 15 is 0 Å². The van der Waals surface area contributed by atoms with E-state index in [2.05, 4.69) is 21.4 Å². The van der Waals surface area contributed by atoms with Gasteiger partial charge in [0.05, 0.1) is 17.4 Å². The first-order valence-electron chi connectivity index (χ1n) is 7.81. The molecule has 4 rings (SSSR count). The molecule has 6 nitrogen and oxygen atoms in total. The number of terminal acetylenes is 1. The Hall–Kier alpha value is -3.59. The first kappa shape index (κ1) is 15.0. The zero-order chi connectivity index (χ0) is 17.4. The average molecular weight is 329 g/mol. The molecule has 0 spiro atoms. The van der Waals surface area contributed by atoms with Gasteiger partial charge >= 0.3 is 0 Å². The van der Waals surface area contributed by atoms with Gasteiger partial charge in [-0.2, -0.15) is 0 Å². The molecule has 2 aromatic carbocycles. The smallest absolute Gasteiger partial charge is 0.262 e. The fraction of sp³-hybridized carbons (Fsp3) is 0.105. The Morgan fingerprint density at radius 1 is 1.16 bits per heavy atom. The van der Waals surface area contributed by atoms with Gasteiger partial charge in [0.25, 0.3) is 5.56 Å². The lowest BCUT2D eigenvalue weighted by atomic mass is 10.2. The number of para-hydroxylation sites is 1. The summed E-state index contributed by atoms with van der Waals surface area (Å²) in [6.07, 6.45) is 5.44. The van der Waals surface area contributed by atoms with Crippen molar-refractivity contribution in [1.29, 1.82) is 0 Å². The van der Waals surface area contributed by atoms with Crippen molar-refractivity contribution in [3.8, 4) is 12.3 Å². The van der Waals surface area contributed by atoms with Crippen molar-refractivity contribution in [2.75, 3.05) is 5.32 Å². The summed E-state index contributed by atoms with van der Waals surface area (Å²) in [5.74, 6) is 3.84. The van der Waals surface area contributed by atoms with Crippen molar-refractivity contribution < 1.29 is 0 Å². The van der Waals surface area contributed by atoms with Crippen LogP contribution >= 0.6 is 0 Å². The zero-order valence-electron chi connectivity index (χ0n) is 13.6. The van der Waals surface area contributed by atoms with Crippen LogP contribution in [0.5, 0.6) is 0 Å². The zero-order valence-corrected chi connectivity index (χ0v) is 13.6. The van der Waals surface area contributed by atoms with Crippen LogP contribution in [0.15, 0.2) is 53.3 Å². The van der Waals surface area contributed by atoms with E-state index in [-0.39, 0.29) is 5.56 Å². The number of rotatable bonds is 3. The highest BCUT2D eigenvalue weighted by Crippen LogP contribution is 2.15. The molecule has 0 fully saturated rings. The highest BCUT2D eigenvalue weighted by molar-refractivity contribution is 5.80. The molecule has 122 valence electrons. The molecule has 2 aromatic heterocycles. The number of aromatic nitrogens is 4. The number of aryl methyl sites for hydroxylation is 1. The minimum absolute atomic E-state index is 0.0864. The van der Waals surface area contributed by atoms with E-state index in [0.29, 0.717) is 23.5 Å². The Labute approximate surface area is 143 Å². The minimum atomic E-state index is -0.0864. The maximum atomic E-state index is 12.4. The van der Waals surface area contributed by atoms with Crippen molar-refractivity contribution in [3.63, 3.8) is 0 Å². The highest BCUT2D eigenvalue weighted by atomic mass is 16.1. The van der Waals surface area contributed by atoms with E-state index in [1.54, 1.807) is 7.05 Å². The molecule has 1 N–H and O–H groups in total. The van der Waals surface area contributed by atoms with Gasteiger partial charge in [-0.3, -0.25) is 13.8 Å². The minimum Gasteiger partial charge on any atom is -0.378 e. The molecule has 0 amide bonds. The number of fused-ring (bicyclic) bond motifs is 3. The predicted octanol–water partition coefficient (Wildman–Crippen LogP) is 2.17. The van der Waals surface area contributed by atoms with Crippen molar-refractivity contribution in [3.05, 3.63) is 70.3 Å². The van der Waals surface area contributed by atoms with Crippen LogP contribution in [0.4, 0.5) is 5.69 Å². The summed E-state index contributed by atoms with van der Waals surface area (Å²) < 4.78 is 3.41. The predicted molar refractivity (Wildman–Crippen MR) is 97.4 cm³/mol. The highest BCUT2D eigenvalue weighted by Gasteiger charge is 2.14. The van der Waals surface area contributed by atoms with Gasteiger partial charge in [0, 0.05) is 18.3 Å². The lowest BCUT2D eigenvalue weighted by Crippen LogP contribution is -2.20. The van der Waals surface area contributed by atoms with E-state index in [1.165, 1.54) is 4.57 Å². The second-order valence-electron chi connectivity index (χ2n) is 5.71. The normalized spacial score (nSPS) is 10.9. The van der Waals surface area contributed by atoms with Gasteiger partial charge < -0.3 is 5.32 Å². The Morgan fingerprint density at radius 3 is 2.84 bits per heavy atom. The average Bonchev–Trinajstić information content (AvgIpc) is 3.09. The molecule has 0 aliphatic carbocycles. The summed E-state index contributed by atoms with van der Waals surface area (Å²) in [5.41, 5.74) is 2.42. The van der Waals surface area contributed by atoms with Gasteiger partial charge in [-0.15, -0.1) is 16.6 Å². The van der Waals surface area contributed by atoms with Gasteiger partial charge in [0.15, 0.2) is 5.82 Å². The number of benzene rings is 2. The largest absolute Gasteiger partial charge is 0.378 e. The molecule has 0 unspecified atom stereocenters. The Balaban J connectivity index is 1.81. The molecule has 0 radical (unpaired) electrons. The van der Waals surface area contributed by atoms with Crippen LogP contribution in [0.3, 0.4) is 0 Å². The second kappa shape index (κ2) is 5.80. The van der Waals surface area contributed by atoms with Crippen LogP contribution in [0, 0.1) is 12.3 Å². The Kier molecular flexibility index (Phi) is 3.47. The molecule has 0 atom stereocenters. The quantitative estimate of drug-likeness (QED) is 0.585. The van der Waals surface area contributed by atoms with Crippen molar-refractivity contribution in [2.24, 2.45) is 7.05 Å². The van der Waals surface area contributed by atoms with Crippen molar-refractivity contribution in [1.82, 2.24) is 19.2 Å².